The van der Waals surface area contributed by atoms with E-state index in [2.05, 4.69) is 15.4 Å². The summed E-state index contributed by atoms with van der Waals surface area (Å²) in [6.45, 7) is 2.17. The lowest BCUT2D eigenvalue weighted by molar-refractivity contribution is 0.0940. The summed E-state index contributed by atoms with van der Waals surface area (Å²) in [6.07, 6.45) is 0. The summed E-state index contributed by atoms with van der Waals surface area (Å²) in [5, 5.41) is 19.7. The van der Waals surface area contributed by atoms with Crippen molar-refractivity contribution in [2.24, 2.45) is 0 Å². The van der Waals surface area contributed by atoms with Gasteiger partial charge in [0.15, 0.2) is 11.4 Å². The highest BCUT2D eigenvalue weighted by Crippen LogP contribution is 2.26. The zero-order valence-corrected chi connectivity index (χ0v) is 18.2. The third-order valence-electron chi connectivity index (χ3n) is 4.80. The van der Waals surface area contributed by atoms with Gasteiger partial charge in [0, 0.05) is 17.0 Å². The minimum atomic E-state index is -0.628. The predicted octanol–water partition coefficient (Wildman–Crippen LogP) is 3.31. The van der Waals surface area contributed by atoms with Crippen molar-refractivity contribution in [2.75, 3.05) is 7.11 Å². The third-order valence-corrected chi connectivity index (χ3v) is 5.72. The van der Waals surface area contributed by atoms with Crippen molar-refractivity contribution in [3.05, 3.63) is 87.3 Å². The number of aromatic hydroxyl groups is 1. The minimum absolute atomic E-state index is 0.149. The van der Waals surface area contributed by atoms with Gasteiger partial charge in [-0.2, -0.15) is 9.78 Å². The molecule has 2 aromatic carbocycles. The molecule has 0 atom stereocenters. The molecule has 0 aliphatic heterocycles. The summed E-state index contributed by atoms with van der Waals surface area (Å²) in [7, 11) is 1.47. The van der Waals surface area contributed by atoms with Crippen LogP contribution < -0.4 is 15.6 Å². The molecule has 0 unspecified atom stereocenters. The fourth-order valence-corrected chi connectivity index (χ4v) is 4.07. The van der Waals surface area contributed by atoms with Gasteiger partial charge in [0.25, 0.3) is 11.5 Å². The number of rotatable bonds is 6. The number of thiazole rings is 1. The molecule has 0 bridgehead atoms. The third kappa shape index (κ3) is 4.23. The Kier molecular flexibility index (Phi) is 6.00. The predicted molar refractivity (Wildman–Crippen MR) is 122 cm³/mol. The number of aryl methyl sites for hydroxylation is 1. The van der Waals surface area contributed by atoms with Gasteiger partial charge in [0.05, 0.1) is 19.3 Å². The lowest BCUT2D eigenvalue weighted by Crippen LogP contribution is -2.29. The zero-order chi connectivity index (χ0) is 22.7. The Morgan fingerprint density at radius 3 is 2.72 bits per heavy atom. The van der Waals surface area contributed by atoms with E-state index >= 15 is 0 Å². The smallest absolute Gasteiger partial charge is 0.275 e. The molecule has 0 saturated carbocycles. The van der Waals surface area contributed by atoms with Gasteiger partial charge in [0.2, 0.25) is 0 Å². The number of carbonyl (C=O) groups is 1. The number of benzene rings is 2. The molecule has 162 valence electrons. The van der Waals surface area contributed by atoms with Gasteiger partial charge in [0.1, 0.15) is 16.4 Å². The van der Waals surface area contributed by atoms with Crippen LogP contribution in [0.3, 0.4) is 0 Å². The lowest BCUT2D eigenvalue weighted by Gasteiger charge is -2.11. The summed E-state index contributed by atoms with van der Waals surface area (Å²) >= 11 is 1.49. The molecule has 0 fully saturated rings. The van der Waals surface area contributed by atoms with Gasteiger partial charge in [-0.05, 0) is 24.6 Å². The number of ether oxygens (including phenoxy) is 1. The van der Waals surface area contributed by atoms with E-state index in [4.69, 9.17) is 4.74 Å². The molecular formula is C23H20N4O4S. The van der Waals surface area contributed by atoms with Gasteiger partial charge < -0.3 is 15.2 Å². The first-order chi connectivity index (χ1) is 15.5. The average molecular weight is 449 g/mol. The van der Waals surface area contributed by atoms with Crippen molar-refractivity contribution in [1.29, 1.82) is 0 Å². The number of hydrogen-bond donors (Lipinski definition) is 2. The molecule has 4 aromatic rings. The van der Waals surface area contributed by atoms with Crippen LogP contribution >= 0.6 is 11.3 Å². The maximum atomic E-state index is 12.7. The molecule has 32 heavy (non-hydrogen) atoms. The fraction of sp³-hybridized carbons (Fsp3) is 0.130. The Hall–Kier alpha value is -3.98. The zero-order valence-electron chi connectivity index (χ0n) is 17.4. The number of hydrogen-bond acceptors (Lipinski definition) is 7. The Balaban J connectivity index is 1.56. The van der Waals surface area contributed by atoms with Crippen LogP contribution in [0.2, 0.25) is 0 Å². The van der Waals surface area contributed by atoms with Crippen LogP contribution in [0.4, 0.5) is 0 Å². The molecule has 0 radical (unpaired) electrons. The van der Waals surface area contributed by atoms with Crippen molar-refractivity contribution < 1.29 is 14.6 Å². The SMILES string of the molecule is COc1ccccc1-n1nc(C(=O)NCc2csc(-c3ccccc3C)n2)c(O)cc1=O. The van der Waals surface area contributed by atoms with Crippen LogP contribution in [0.5, 0.6) is 11.5 Å². The molecule has 0 aliphatic rings. The number of para-hydroxylation sites is 2. The molecule has 2 N–H and O–H groups in total. The molecule has 8 nitrogen and oxygen atoms in total. The number of amides is 1. The second kappa shape index (κ2) is 9.03. The number of carbonyl (C=O) groups excluding carboxylic acids is 1. The Morgan fingerprint density at radius 1 is 1.19 bits per heavy atom. The first-order valence-corrected chi connectivity index (χ1v) is 10.6. The highest BCUT2D eigenvalue weighted by Gasteiger charge is 2.18. The van der Waals surface area contributed by atoms with Crippen LogP contribution in [-0.4, -0.2) is 32.9 Å². The van der Waals surface area contributed by atoms with E-state index in [-0.39, 0.29) is 12.2 Å². The number of nitrogens with one attached hydrogen (secondary N) is 1. The van der Waals surface area contributed by atoms with E-state index in [1.165, 1.54) is 18.4 Å². The molecule has 0 saturated heterocycles. The molecule has 2 heterocycles. The largest absolute Gasteiger partial charge is 0.505 e. The Morgan fingerprint density at radius 2 is 1.94 bits per heavy atom. The van der Waals surface area contributed by atoms with Crippen molar-refractivity contribution in [1.82, 2.24) is 20.1 Å². The molecule has 4 rings (SSSR count). The summed E-state index contributed by atoms with van der Waals surface area (Å²) in [4.78, 5) is 29.7. The Labute approximate surface area is 187 Å². The first kappa shape index (κ1) is 21.3. The van der Waals surface area contributed by atoms with E-state index in [9.17, 15) is 14.7 Å². The molecule has 9 heteroatoms. The monoisotopic (exact) mass is 448 g/mol. The van der Waals surface area contributed by atoms with E-state index in [1.807, 2.05) is 36.6 Å². The molecule has 0 aliphatic carbocycles. The van der Waals surface area contributed by atoms with Gasteiger partial charge in [-0.1, -0.05) is 36.4 Å². The molecule has 2 aromatic heterocycles. The number of aromatic nitrogens is 3. The standard InChI is InChI=1S/C23H20N4O4S/c1-14-7-3-4-8-16(14)23-25-15(13-32-23)12-24-22(30)21-18(28)11-20(29)27(26-21)17-9-5-6-10-19(17)31-2/h3-11,13,28H,12H2,1-2H3,(H,24,30). The van der Waals surface area contributed by atoms with Gasteiger partial charge in [-0.3, -0.25) is 9.59 Å². The molecule has 0 spiro atoms. The highest BCUT2D eigenvalue weighted by molar-refractivity contribution is 7.13. The van der Waals surface area contributed by atoms with Crippen LogP contribution in [0.1, 0.15) is 21.7 Å². The second-order valence-corrected chi connectivity index (χ2v) is 7.80. The average Bonchev–Trinajstić information content (AvgIpc) is 3.27. The maximum absolute atomic E-state index is 12.7. The Bertz CT molecular complexity index is 1350. The van der Waals surface area contributed by atoms with Crippen LogP contribution in [0.25, 0.3) is 16.3 Å². The second-order valence-electron chi connectivity index (χ2n) is 6.94. The van der Waals surface area contributed by atoms with E-state index in [0.717, 1.165) is 26.9 Å². The lowest BCUT2D eigenvalue weighted by atomic mass is 10.1. The summed E-state index contributed by atoms with van der Waals surface area (Å²) in [5.41, 5.74) is 2.33. The summed E-state index contributed by atoms with van der Waals surface area (Å²) in [5.74, 6) is -0.723. The topological polar surface area (TPSA) is 106 Å². The van der Waals surface area contributed by atoms with E-state index in [0.29, 0.717) is 17.1 Å². The first-order valence-electron chi connectivity index (χ1n) is 9.73. The minimum Gasteiger partial charge on any atom is -0.505 e. The van der Waals surface area contributed by atoms with Crippen LogP contribution in [0, 0.1) is 6.92 Å². The van der Waals surface area contributed by atoms with Crippen molar-refractivity contribution in [3.63, 3.8) is 0 Å². The quantitative estimate of drug-likeness (QED) is 0.469. The summed E-state index contributed by atoms with van der Waals surface area (Å²) in [6, 6.07) is 15.7. The van der Waals surface area contributed by atoms with Crippen molar-refractivity contribution in [2.45, 2.75) is 13.5 Å². The number of nitrogens with zero attached hydrogens (tertiary/aromatic N) is 3. The van der Waals surface area contributed by atoms with Crippen LogP contribution in [0.15, 0.2) is 64.8 Å². The van der Waals surface area contributed by atoms with Gasteiger partial charge in [-0.25, -0.2) is 4.98 Å². The van der Waals surface area contributed by atoms with Crippen molar-refractivity contribution >= 4 is 17.2 Å². The van der Waals surface area contributed by atoms with Crippen LogP contribution in [-0.2, 0) is 6.54 Å². The van der Waals surface area contributed by atoms with Crippen molar-refractivity contribution in [3.8, 4) is 27.8 Å². The molecule has 1 amide bonds. The summed E-state index contributed by atoms with van der Waals surface area (Å²) < 4.78 is 6.29. The maximum Gasteiger partial charge on any atom is 0.275 e. The highest BCUT2D eigenvalue weighted by atomic mass is 32.1. The normalized spacial score (nSPS) is 10.7. The number of methoxy groups -OCH3 is 1. The molecular weight excluding hydrogens is 428 g/mol. The fourth-order valence-electron chi connectivity index (χ4n) is 3.17. The van der Waals surface area contributed by atoms with Gasteiger partial charge in [-0.15, -0.1) is 11.3 Å². The van der Waals surface area contributed by atoms with E-state index in [1.54, 1.807) is 24.3 Å². The van der Waals surface area contributed by atoms with Gasteiger partial charge >= 0.3 is 0 Å². The van der Waals surface area contributed by atoms with E-state index < -0.39 is 17.2 Å².